The molecule has 2 aromatic rings. The molecule has 1 atom stereocenters. The standard InChI is InChI=1S/C20H31FN6/c1-5-9-18(19-22-23-24-27(19)20(3,4)6-2)26-14-12-25(13-15-26)17-11-8-7-10-16(17)21/h7-8,10-11,18H,5-6,9,12-15H2,1-4H3/t18-/m1/s1. The van der Waals surface area contributed by atoms with Gasteiger partial charge in [0.2, 0.25) is 0 Å². The van der Waals surface area contributed by atoms with Crippen molar-refractivity contribution in [2.24, 2.45) is 0 Å². The van der Waals surface area contributed by atoms with Crippen molar-refractivity contribution < 1.29 is 4.39 Å². The summed E-state index contributed by atoms with van der Waals surface area (Å²) in [7, 11) is 0. The van der Waals surface area contributed by atoms with Crippen LogP contribution in [0.1, 0.15) is 58.8 Å². The van der Waals surface area contributed by atoms with E-state index in [0.717, 1.165) is 51.3 Å². The second-order valence-corrected chi connectivity index (χ2v) is 7.89. The fourth-order valence-corrected chi connectivity index (χ4v) is 3.71. The van der Waals surface area contributed by atoms with E-state index >= 15 is 0 Å². The topological polar surface area (TPSA) is 50.1 Å². The molecule has 0 bridgehead atoms. The molecule has 0 radical (unpaired) electrons. The minimum atomic E-state index is -0.148. The molecule has 1 aromatic heterocycles. The number of aromatic nitrogens is 4. The van der Waals surface area contributed by atoms with E-state index in [1.807, 2.05) is 16.8 Å². The van der Waals surface area contributed by atoms with Gasteiger partial charge in [-0.1, -0.05) is 32.4 Å². The molecule has 1 aromatic carbocycles. The molecule has 1 aliphatic rings. The summed E-state index contributed by atoms with van der Waals surface area (Å²) in [5.74, 6) is 0.799. The first-order chi connectivity index (χ1) is 13.0. The van der Waals surface area contributed by atoms with Gasteiger partial charge in [-0.15, -0.1) is 5.10 Å². The Hall–Kier alpha value is -2.02. The van der Waals surface area contributed by atoms with E-state index in [1.54, 1.807) is 6.07 Å². The zero-order valence-electron chi connectivity index (χ0n) is 16.9. The fourth-order valence-electron chi connectivity index (χ4n) is 3.71. The monoisotopic (exact) mass is 374 g/mol. The Labute approximate surface area is 161 Å². The zero-order valence-corrected chi connectivity index (χ0v) is 16.9. The number of nitrogens with zero attached hydrogens (tertiary/aromatic N) is 6. The Balaban J connectivity index is 1.77. The van der Waals surface area contributed by atoms with E-state index in [4.69, 9.17) is 0 Å². The Morgan fingerprint density at radius 3 is 2.44 bits per heavy atom. The summed E-state index contributed by atoms with van der Waals surface area (Å²) in [6.07, 6.45) is 3.04. The molecule has 1 saturated heterocycles. The third-order valence-electron chi connectivity index (χ3n) is 5.74. The number of hydrogen-bond acceptors (Lipinski definition) is 5. The van der Waals surface area contributed by atoms with Crippen LogP contribution in [0.3, 0.4) is 0 Å². The van der Waals surface area contributed by atoms with Gasteiger partial charge in [-0.3, -0.25) is 4.90 Å². The molecule has 3 rings (SSSR count). The van der Waals surface area contributed by atoms with Gasteiger partial charge in [0.1, 0.15) is 5.82 Å². The molecule has 27 heavy (non-hydrogen) atoms. The largest absolute Gasteiger partial charge is 0.367 e. The summed E-state index contributed by atoms with van der Waals surface area (Å²) in [5, 5.41) is 12.7. The van der Waals surface area contributed by atoms with Gasteiger partial charge in [0.15, 0.2) is 5.82 Å². The number of rotatable bonds is 7. The smallest absolute Gasteiger partial charge is 0.168 e. The highest BCUT2D eigenvalue weighted by atomic mass is 19.1. The van der Waals surface area contributed by atoms with Crippen LogP contribution in [0.4, 0.5) is 10.1 Å². The molecule has 1 aliphatic heterocycles. The lowest BCUT2D eigenvalue weighted by Gasteiger charge is -2.40. The Bertz CT molecular complexity index is 736. The van der Waals surface area contributed by atoms with Gasteiger partial charge in [-0.05, 0) is 49.2 Å². The van der Waals surface area contributed by atoms with Crippen LogP contribution in [-0.2, 0) is 5.54 Å². The van der Waals surface area contributed by atoms with Crippen molar-refractivity contribution in [3.05, 3.63) is 35.9 Å². The molecule has 6 nitrogen and oxygen atoms in total. The average Bonchev–Trinajstić information content (AvgIpc) is 3.17. The normalized spacial score (nSPS) is 17.3. The Morgan fingerprint density at radius 1 is 1.11 bits per heavy atom. The molecule has 7 heteroatoms. The maximum Gasteiger partial charge on any atom is 0.168 e. The lowest BCUT2D eigenvalue weighted by atomic mass is 10.0. The second kappa shape index (κ2) is 8.33. The van der Waals surface area contributed by atoms with Crippen LogP contribution in [0.2, 0.25) is 0 Å². The molecule has 0 amide bonds. The van der Waals surface area contributed by atoms with Crippen molar-refractivity contribution in [2.75, 3.05) is 31.1 Å². The maximum atomic E-state index is 14.1. The van der Waals surface area contributed by atoms with Crippen molar-refractivity contribution in [1.29, 1.82) is 0 Å². The van der Waals surface area contributed by atoms with Crippen LogP contribution >= 0.6 is 0 Å². The summed E-state index contributed by atoms with van der Waals surface area (Å²) in [5.41, 5.74) is 0.584. The van der Waals surface area contributed by atoms with Gasteiger partial charge in [-0.2, -0.15) is 0 Å². The first-order valence-corrected chi connectivity index (χ1v) is 10.00. The lowest BCUT2D eigenvalue weighted by Crippen LogP contribution is -2.48. The van der Waals surface area contributed by atoms with E-state index in [-0.39, 0.29) is 17.4 Å². The lowest BCUT2D eigenvalue weighted by molar-refractivity contribution is 0.153. The molecule has 0 N–H and O–H groups in total. The van der Waals surface area contributed by atoms with Gasteiger partial charge in [0, 0.05) is 26.2 Å². The van der Waals surface area contributed by atoms with Gasteiger partial charge in [0.25, 0.3) is 0 Å². The third-order valence-corrected chi connectivity index (χ3v) is 5.74. The van der Waals surface area contributed by atoms with Crippen LogP contribution in [0.25, 0.3) is 0 Å². The van der Waals surface area contributed by atoms with Gasteiger partial charge in [-0.25, -0.2) is 9.07 Å². The van der Waals surface area contributed by atoms with Crippen LogP contribution < -0.4 is 4.90 Å². The summed E-state index contributed by atoms with van der Waals surface area (Å²) in [6.45, 7) is 12.1. The number of anilines is 1. The van der Waals surface area contributed by atoms with Crippen LogP contribution in [-0.4, -0.2) is 51.3 Å². The number of hydrogen-bond donors (Lipinski definition) is 0. The fraction of sp³-hybridized carbons (Fsp3) is 0.650. The molecule has 0 saturated carbocycles. The molecule has 0 unspecified atom stereocenters. The van der Waals surface area contributed by atoms with E-state index in [9.17, 15) is 4.39 Å². The van der Waals surface area contributed by atoms with E-state index in [1.165, 1.54) is 6.07 Å². The highest BCUT2D eigenvalue weighted by molar-refractivity contribution is 5.48. The van der Waals surface area contributed by atoms with Crippen molar-refractivity contribution in [3.63, 3.8) is 0 Å². The van der Waals surface area contributed by atoms with E-state index in [2.05, 4.69) is 53.0 Å². The number of tetrazole rings is 1. The van der Waals surface area contributed by atoms with Crippen molar-refractivity contribution >= 4 is 5.69 Å². The first-order valence-electron chi connectivity index (χ1n) is 10.00. The highest BCUT2D eigenvalue weighted by Gasteiger charge is 2.32. The van der Waals surface area contributed by atoms with Gasteiger partial charge in [0.05, 0.1) is 17.3 Å². The summed E-state index contributed by atoms with van der Waals surface area (Å²) < 4.78 is 16.1. The minimum Gasteiger partial charge on any atom is -0.367 e. The van der Waals surface area contributed by atoms with Crippen molar-refractivity contribution in [1.82, 2.24) is 25.1 Å². The Kier molecular flexibility index (Phi) is 6.09. The number of piperazine rings is 1. The average molecular weight is 375 g/mol. The quantitative estimate of drug-likeness (QED) is 0.741. The van der Waals surface area contributed by atoms with Crippen LogP contribution in [0, 0.1) is 5.82 Å². The second-order valence-electron chi connectivity index (χ2n) is 7.89. The number of para-hydroxylation sites is 1. The van der Waals surface area contributed by atoms with E-state index in [0.29, 0.717) is 5.69 Å². The summed E-state index contributed by atoms with van der Waals surface area (Å²) in [6, 6.07) is 7.22. The van der Waals surface area contributed by atoms with Crippen molar-refractivity contribution in [2.45, 2.75) is 58.5 Å². The third kappa shape index (κ3) is 4.13. The first kappa shape index (κ1) is 19.7. The predicted octanol–water partition coefficient (Wildman–Crippen LogP) is 3.62. The van der Waals surface area contributed by atoms with Crippen LogP contribution in [0.15, 0.2) is 24.3 Å². The SMILES string of the molecule is CCC[C@H](c1nnnn1C(C)(C)CC)N1CCN(c2ccccc2F)CC1. The van der Waals surface area contributed by atoms with Crippen LogP contribution in [0.5, 0.6) is 0 Å². The highest BCUT2D eigenvalue weighted by Crippen LogP contribution is 2.30. The number of halogens is 1. The summed E-state index contributed by atoms with van der Waals surface area (Å²) >= 11 is 0. The molecule has 1 fully saturated rings. The predicted molar refractivity (Wildman–Crippen MR) is 105 cm³/mol. The summed E-state index contributed by atoms with van der Waals surface area (Å²) in [4.78, 5) is 4.59. The van der Waals surface area contributed by atoms with Gasteiger partial charge < -0.3 is 4.90 Å². The van der Waals surface area contributed by atoms with Gasteiger partial charge >= 0.3 is 0 Å². The number of benzene rings is 1. The molecular weight excluding hydrogens is 343 g/mol. The Morgan fingerprint density at radius 2 is 1.81 bits per heavy atom. The van der Waals surface area contributed by atoms with Crippen molar-refractivity contribution in [3.8, 4) is 0 Å². The minimum absolute atomic E-state index is 0.111. The zero-order chi connectivity index (χ0) is 19.4. The maximum absolute atomic E-state index is 14.1. The molecular formula is C20H31FN6. The van der Waals surface area contributed by atoms with E-state index < -0.39 is 0 Å². The molecule has 148 valence electrons. The molecule has 0 spiro atoms. The molecule has 0 aliphatic carbocycles. The molecule has 2 heterocycles.